The maximum Gasteiger partial charge on any atom is 0.264 e. The summed E-state index contributed by atoms with van der Waals surface area (Å²) in [5, 5.41) is 0. The van der Waals surface area contributed by atoms with E-state index in [0.29, 0.717) is 6.54 Å². The number of hydrogen-bond donors (Lipinski definition) is 0. The van der Waals surface area contributed by atoms with Crippen LogP contribution >= 0.6 is 0 Å². The van der Waals surface area contributed by atoms with Crippen molar-refractivity contribution in [2.45, 2.75) is 34.6 Å². The van der Waals surface area contributed by atoms with Crippen LogP contribution in [0.25, 0.3) is 0 Å². The third kappa shape index (κ3) is 3.92. The number of carbonyl (C=O) groups is 1. The molecule has 0 aliphatic rings. The predicted octanol–water partition coefficient (Wildman–Crippen LogP) is 4.35. The van der Waals surface area contributed by atoms with E-state index < -0.39 is 0 Å². The van der Waals surface area contributed by atoms with E-state index in [0.717, 1.165) is 28.1 Å². The molecule has 0 aliphatic carbocycles. The predicted molar refractivity (Wildman–Crippen MR) is 95.4 cm³/mol. The van der Waals surface area contributed by atoms with Crippen molar-refractivity contribution in [1.82, 2.24) is 0 Å². The summed E-state index contributed by atoms with van der Waals surface area (Å²) in [5.41, 5.74) is 5.37. The number of nitrogens with zero attached hydrogens (tertiary/aromatic N) is 1. The van der Waals surface area contributed by atoms with Gasteiger partial charge in [0.1, 0.15) is 5.75 Å². The summed E-state index contributed by atoms with van der Waals surface area (Å²) in [6.07, 6.45) is 0. The van der Waals surface area contributed by atoms with Gasteiger partial charge in [-0.3, -0.25) is 4.79 Å². The molecule has 0 radical (unpaired) electrons. The van der Waals surface area contributed by atoms with E-state index in [1.807, 2.05) is 58.0 Å². The Balaban J connectivity index is 2.14. The molecule has 0 fully saturated rings. The zero-order valence-corrected chi connectivity index (χ0v) is 14.6. The molecule has 0 aliphatic heterocycles. The Hall–Kier alpha value is -2.29. The zero-order valence-electron chi connectivity index (χ0n) is 14.6. The second kappa shape index (κ2) is 7.32. The molecule has 0 spiro atoms. The van der Waals surface area contributed by atoms with Crippen molar-refractivity contribution < 1.29 is 9.53 Å². The molecule has 0 bridgehead atoms. The van der Waals surface area contributed by atoms with Crippen LogP contribution in [0.2, 0.25) is 0 Å². The lowest BCUT2D eigenvalue weighted by Gasteiger charge is -2.22. The van der Waals surface area contributed by atoms with E-state index in [1.54, 1.807) is 4.90 Å². The summed E-state index contributed by atoms with van der Waals surface area (Å²) in [5.74, 6) is 0.789. The molecular formula is C20H25NO2. The number of rotatable bonds is 5. The number of ether oxygens (including phenoxy) is 1. The molecular weight excluding hydrogens is 286 g/mol. The molecule has 3 nitrogen and oxygen atoms in total. The Kier molecular flexibility index (Phi) is 5.43. The second-order valence-electron chi connectivity index (χ2n) is 5.92. The van der Waals surface area contributed by atoms with Gasteiger partial charge in [0.2, 0.25) is 0 Å². The normalized spacial score (nSPS) is 10.5. The zero-order chi connectivity index (χ0) is 17.0. The van der Waals surface area contributed by atoms with Crippen molar-refractivity contribution in [3.05, 3.63) is 58.7 Å². The minimum absolute atomic E-state index is 0.0293. The molecule has 0 saturated carbocycles. The van der Waals surface area contributed by atoms with E-state index in [-0.39, 0.29) is 12.5 Å². The Morgan fingerprint density at radius 1 is 1.04 bits per heavy atom. The van der Waals surface area contributed by atoms with E-state index >= 15 is 0 Å². The molecule has 2 rings (SSSR count). The Labute approximate surface area is 138 Å². The standard InChI is InChI=1S/C20H25NO2/c1-6-21(18-9-7-8-14(2)12-18)19(22)13-23-20-16(4)11-10-15(3)17(20)5/h7-12H,6,13H2,1-5H3. The van der Waals surface area contributed by atoms with E-state index in [9.17, 15) is 4.79 Å². The SMILES string of the molecule is CCN(C(=O)COc1c(C)ccc(C)c1C)c1cccc(C)c1. The van der Waals surface area contributed by atoms with Gasteiger partial charge in [-0.15, -0.1) is 0 Å². The van der Waals surface area contributed by atoms with Crippen LogP contribution in [-0.2, 0) is 4.79 Å². The van der Waals surface area contributed by atoms with Crippen LogP contribution in [0.5, 0.6) is 5.75 Å². The van der Waals surface area contributed by atoms with Gasteiger partial charge in [-0.2, -0.15) is 0 Å². The summed E-state index contributed by atoms with van der Waals surface area (Å²) in [4.78, 5) is 14.3. The molecule has 0 N–H and O–H groups in total. The van der Waals surface area contributed by atoms with Gasteiger partial charge in [-0.25, -0.2) is 0 Å². The topological polar surface area (TPSA) is 29.5 Å². The summed E-state index contributed by atoms with van der Waals surface area (Å²) in [6, 6.07) is 12.1. The molecule has 0 saturated heterocycles. The number of aryl methyl sites for hydroxylation is 3. The Morgan fingerprint density at radius 3 is 2.39 bits per heavy atom. The first-order valence-corrected chi connectivity index (χ1v) is 8.00. The molecule has 23 heavy (non-hydrogen) atoms. The first kappa shape index (κ1) is 17.1. The van der Waals surface area contributed by atoms with Crippen LogP contribution < -0.4 is 9.64 Å². The third-order valence-electron chi connectivity index (χ3n) is 4.14. The summed E-state index contributed by atoms with van der Waals surface area (Å²) < 4.78 is 5.85. The molecule has 0 atom stereocenters. The van der Waals surface area contributed by atoms with E-state index in [2.05, 4.69) is 13.0 Å². The molecule has 3 heteroatoms. The monoisotopic (exact) mass is 311 g/mol. The van der Waals surface area contributed by atoms with Crippen molar-refractivity contribution in [3.63, 3.8) is 0 Å². The molecule has 2 aromatic carbocycles. The highest BCUT2D eigenvalue weighted by Gasteiger charge is 2.16. The largest absolute Gasteiger partial charge is 0.483 e. The summed E-state index contributed by atoms with van der Waals surface area (Å²) in [7, 11) is 0. The number of benzene rings is 2. The van der Waals surface area contributed by atoms with Gasteiger partial charge >= 0.3 is 0 Å². The number of hydrogen-bond acceptors (Lipinski definition) is 2. The average molecular weight is 311 g/mol. The van der Waals surface area contributed by atoms with Crippen LogP contribution in [-0.4, -0.2) is 19.1 Å². The second-order valence-corrected chi connectivity index (χ2v) is 5.92. The third-order valence-corrected chi connectivity index (χ3v) is 4.14. The van der Waals surface area contributed by atoms with E-state index in [1.165, 1.54) is 5.56 Å². The Morgan fingerprint density at radius 2 is 1.74 bits per heavy atom. The van der Waals surface area contributed by atoms with Gasteiger partial charge in [0, 0.05) is 12.2 Å². The van der Waals surface area contributed by atoms with Crippen molar-refractivity contribution in [2.75, 3.05) is 18.1 Å². The maximum absolute atomic E-state index is 12.6. The van der Waals surface area contributed by atoms with Gasteiger partial charge in [0.05, 0.1) is 0 Å². The van der Waals surface area contributed by atoms with Crippen LogP contribution in [0.1, 0.15) is 29.2 Å². The molecule has 0 heterocycles. The van der Waals surface area contributed by atoms with Gasteiger partial charge < -0.3 is 9.64 Å². The minimum atomic E-state index is -0.0293. The van der Waals surface area contributed by atoms with Crippen molar-refractivity contribution in [1.29, 1.82) is 0 Å². The number of carbonyl (C=O) groups excluding carboxylic acids is 1. The fourth-order valence-corrected chi connectivity index (χ4v) is 2.66. The Bertz CT molecular complexity index is 707. The van der Waals surface area contributed by atoms with Crippen LogP contribution in [0.15, 0.2) is 36.4 Å². The first-order valence-electron chi connectivity index (χ1n) is 8.00. The quantitative estimate of drug-likeness (QED) is 0.821. The van der Waals surface area contributed by atoms with E-state index in [4.69, 9.17) is 4.74 Å². The molecule has 1 amide bonds. The van der Waals surface area contributed by atoms with Crippen molar-refractivity contribution in [3.8, 4) is 5.75 Å². The summed E-state index contributed by atoms with van der Waals surface area (Å²) >= 11 is 0. The highest BCUT2D eigenvalue weighted by Crippen LogP contribution is 2.26. The summed E-state index contributed by atoms with van der Waals surface area (Å²) in [6.45, 7) is 10.8. The maximum atomic E-state index is 12.6. The van der Waals surface area contributed by atoms with Crippen LogP contribution in [0.3, 0.4) is 0 Å². The highest BCUT2D eigenvalue weighted by atomic mass is 16.5. The van der Waals surface area contributed by atoms with Crippen molar-refractivity contribution >= 4 is 11.6 Å². The van der Waals surface area contributed by atoms with Gasteiger partial charge in [-0.05, 0) is 69.0 Å². The number of likely N-dealkylation sites (N-methyl/N-ethyl adjacent to an activating group) is 1. The lowest BCUT2D eigenvalue weighted by molar-refractivity contribution is -0.120. The van der Waals surface area contributed by atoms with Gasteiger partial charge in [-0.1, -0.05) is 24.3 Å². The fraction of sp³-hybridized carbons (Fsp3) is 0.350. The number of anilines is 1. The molecule has 0 unspecified atom stereocenters. The van der Waals surface area contributed by atoms with Crippen LogP contribution in [0.4, 0.5) is 5.69 Å². The molecule has 2 aromatic rings. The smallest absolute Gasteiger partial charge is 0.264 e. The average Bonchev–Trinajstić information content (AvgIpc) is 2.52. The lowest BCUT2D eigenvalue weighted by Crippen LogP contribution is -2.35. The number of amides is 1. The lowest BCUT2D eigenvalue weighted by atomic mass is 10.1. The molecule has 0 aromatic heterocycles. The highest BCUT2D eigenvalue weighted by molar-refractivity contribution is 5.94. The minimum Gasteiger partial charge on any atom is -0.483 e. The molecule has 122 valence electrons. The van der Waals surface area contributed by atoms with Gasteiger partial charge in [0.15, 0.2) is 6.61 Å². The fourth-order valence-electron chi connectivity index (χ4n) is 2.66. The van der Waals surface area contributed by atoms with Crippen LogP contribution in [0, 0.1) is 27.7 Å². The van der Waals surface area contributed by atoms with Gasteiger partial charge in [0.25, 0.3) is 5.91 Å². The first-order chi connectivity index (χ1) is 10.9. The van der Waals surface area contributed by atoms with Crippen molar-refractivity contribution in [2.24, 2.45) is 0 Å².